The van der Waals surface area contributed by atoms with Gasteiger partial charge in [-0.15, -0.1) is 166 Å². The number of benzene rings is 11. The van der Waals surface area contributed by atoms with Crippen LogP contribution in [0.4, 0.5) is 0 Å². The van der Waals surface area contributed by atoms with Crippen LogP contribution < -0.4 is 0 Å². The van der Waals surface area contributed by atoms with Crippen molar-refractivity contribution < 1.29 is 101 Å². The number of hydrogen-bond acceptors (Lipinski definition) is 9. The van der Waals surface area contributed by atoms with Crippen molar-refractivity contribution >= 4 is 94.5 Å². The standard InChI is InChI=1S/2C21H18N.C18H12NS.2C17H10NS.C11H8N.5Ir/c2*1-14-7-6-12-22-20(14)15-10-11-17-16-8-4-5-9-18(16)21(2,3)19(17)13-15;1-12-9-10-19-16(11-12)15-7-4-6-14-13-5-2-3-8-17(13)20-18(14)15;1-2-10-16-12(6-1)13-7-5-8-14(17(13)19-16)15-9-3-4-11-18-15;1-2-7-16-13(5-1)14-11-12(8-9-17(14)19-16)15-6-3-4-10-18-15;1-2-6-10(7-3-1)11-8-4-5-9-12-11;;;;;/h2*4-9,11-13H,1-3H3;2-6,8-11H,1H3;2*1-7,9-11H;1-6,8-9H;;;;;/q6*-1;;;;;. The smallest absolute Gasteiger partial charge is 0.0239 e. The first-order valence-corrected chi connectivity index (χ1v) is 40.5. The summed E-state index contributed by atoms with van der Waals surface area (Å²) in [5, 5.41) is 7.82. The summed E-state index contributed by atoms with van der Waals surface area (Å²) in [7, 11) is 0. The Kier molecular flexibility index (Phi) is 29.5. The third-order valence-electron chi connectivity index (χ3n) is 21.2. The maximum atomic E-state index is 4.54. The molecule has 0 spiro atoms. The molecule has 0 atom stereocenters. The minimum Gasteiger partial charge on any atom is -0.305 e. The third-order valence-corrected chi connectivity index (χ3v) is 24.8. The zero-order valence-corrected chi connectivity index (χ0v) is 80.3. The Bertz CT molecular complexity index is 6680. The fourth-order valence-electron chi connectivity index (χ4n) is 15.4. The van der Waals surface area contributed by atoms with Gasteiger partial charge in [0.1, 0.15) is 0 Å². The van der Waals surface area contributed by atoms with Crippen molar-refractivity contribution in [2.45, 2.75) is 59.3 Å². The van der Waals surface area contributed by atoms with E-state index in [1.807, 2.05) is 174 Å². The quantitative estimate of drug-likeness (QED) is 0.154. The molecule has 0 saturated heterocycles. The number of rotatable bonds is 6. The van der Waals surface area contributed by atoms with Gasteiger partial charge in [0.25, 0.3) is 0 Å². The summed E-state index contributed by atoms with van der Waals surface area (Å²) in [5.74, 6) is 0. The molecule has 11 aromatic carbocycles. The van der Waals surface area contributed by atoms with E-state index in [9.17, 15) is 0 Å². The molecule has 0 amide bonds. The number of pyridine rings is 6. The van der Waals surface area contributed by atoms with Crippen molar-refractivity contribution in [3.8, 4) is 89.8 Å². The molecule has 595 valence electrons. The second-order valence-electron chi connectivity index (χ2n) is 29.3. The van der Waals surface area contributed by atoms with Crippen molar-refractivity contribution in [1.82, 2.24) is 29.9 Å². The SMILES string of the molecule is Cc1cccnc1-c1[c-]cc2c(c1)C(C)(C)c1ccccc1-2.Cc1cccnc1-c1[c-]cc2c(c1)C(C)(C)c1ccccc1-2.Cc1ccnc(-c2[c-]ccc3c2sc2ccccc23)c1.[Ir].[Ir].[Ir].[Ir].[Ir].[c-]1cc2sc3ccccc3c2cc1-c1ccccn1.[c-]1ccc2c(sc3ccccc32)c1-c1ccccn1.[c-]1ccccc1-c1ccccn1. The van der Waals surface area contributed by atoms with E-state index < -0.39 is 0 Å². The predicted octanol–water partition coefficient (Wildman–Crippen LogP) is 27.9. The Hall–Kier alpha value is -9.77. The van der Waals surface area contributed by atoms with Crippen LogP contribution in [0.1, 0.15) is 66.6 Å². The maximum absolute atomic E-state index is 4.54. The van der Waals surface area contributed by atoms with Gasteiger partial charge < -0.3 is 29.9 Å². The largest absolute Gasteiger partial charge is 0.305 e. The van der Waals surface area contributed by atoms with E-state index in [0.717, 1.165) is 67.5 Å². The summed E-state index contributed by atoms with van der Waals surface area (Å²) >= 11 is 5.44. The Morgan fingerprint density at radius 1 is 0.261 bits per heavy atom. The fraction of sp³-hybridized carbons (Fsp3) is 0.0857. The maximum Gasteiger partial charge on any atom is 0.0239 e. The van der Waals surface area contributed by atoms with Crippen molar-refractivity contribution in [1.29, 1.82) is 0 Å². The number of thiophene rings is 3. The number of fused-ring (bicyclic) bond motifs is 15. The molecular formula is C105H76Ir5N6S3-6. The van der Waals surface area contributed by atoms with Gasteiger partial charge >= 0.3 is 0 Å². The van der Waals surface area contributed by atoms with Crippen LogP contribution in [-0.4, -0.2) is 29.9 Å². The molecule has 2 aliphatic carbocycles. The van der Waals surface area contributed by atoms with E-state index in [4.69, 9.17) is 0 Å². The molecule has 0 aliphatic heterocycles. The van der Waals surface area contributed by atoms with Gasteiger partial charge in [0, 0.05) is 152 Å². The number of hydrogen-bond donors (Lipinski definition) is 0. The van der Waals surface area contributed by atoms with Crippen LogP contribution in [-0.2, 0) is 111 Å². The minimum atomic E-state index is 0. The van der Waals surface area contributed by atoms with Gasteiger partial charge in [-0.3, -0.25) is 0 Å². The number of nitrogens with zero attached hydrogens (tertiary/aromatic N) is 6. The van der Waals surface area contributed by atoms with E-state index >= 15 is 0 Å². The first-order chi connectivity index (χ1) is 55.8. The van der Waals surface area contributed by atoms with Gasteiger partial charge in [-0.05, 0) is 162 Å². The molecule has 2 aliphatic rings. The number of aryl methyl sites for hydroxylation is 3. The Morgan fingerprint density at radius 3 is 1.16 bits per heavy atom. The second kappa shape index (κ2) is 39.6. The van der Waals surface area contributed by atoms with E-state index in [1.165, 1.54) is 122 Å². The topological polar surface area (TPSA) is 77.3 Å². The summed E-state index contributed by atoms with van der Waals surface area (Å²) in [4.78, 5) is 26.6. The van der Waals surface area contributed by atoms with Crippen LogP contribution in [0.2, 0.25) is 0 Å². The zero-order valence-electron chi connectivity index (χ0n) is 65.8. The summed E-state index contributed by atoms with van der Waals surface area (Å²) in [6.07, 6.45) is 11.0. The molecule has 0 N–H and O–H groups in total. The van der Waals surface area contributed by atoms with E-state index in [2.05, 4.69) is 303 Å². The second-order valence-corrected chi connectivity index (χ2v) is 32.5. The van der Waals surface area contributed by atoms with Gasteiger partial charge in [-0.1, -0.05) is 241 Å². The molecule has 22 rings (SSSR count). The summed E-state index contributed by atoms with van der Waals surface area (Å²) in [6.45, 7) is 15.5. The molecule has 9 heterocycles. The fourth-order valence-corrected chi connectivity index (χ4v) is 18.9. The van der Waals surface area contributed by atoms with Gasteiger partial charge in [-0.25, -0.2) is 0 Å². The van der Waals surface area contributed by atoms with Gasteiger partial charge in [0.15, 0.2) is 0 Å². The predicted molar refractivity (Wildman–Crippen MR) is 479 cm³/mol. The van der Waals surface area contributed by atoms with Gasteiger partial charge in [-0.2, -0.15) is 34.0 Å². The average molecular weight is 2480 g/mol. The van der Waals surface area contributed by atoms with Crippen LogP contribution in [0.25, 0.3) is 150 Å². The molecule has 0 bridgehead atoms. The van der Waals surface area contributed by atoms with Gasteiger partial charge in [0.05, 0.1) is 0 Å². The van der Waals surface area contributed by atoms with E-state index in [-0.39, 0.29) is 111 Å². The number of aromatic nitrogens is 6. The van der Waals surface area contributed by atoms with Crippen LogP contribution in [0.5, 0.6) is 0 Å². The Balaban J connectivity index is 0.000000131. The van der Waals surface area contributed by atoms with Crippen molar-refractivity contribution in [2.24, 2.45) is 0 Å². The molecule has 119 heavy (non-hydrogen) atoms. The van der Waals surface area contributed by atoms with Crippen LogP contribution in [0.3, 0.4) is 0 Å². The average Bonchev–Trinajstić information content (AvgIpc) is 1.58. The van der Waals surface area contributed by atoms with Gasteiger partial charge in [0.2, 0.25) is 0 Å². The van der Waals surface area contributed by atoms with E-state index in [1.54, 1.807) is 6.20 Å². The van der Waals surface area contributed by atoms with Crippen LogP contribution in [0, 0.1) is 57.2 Å². The van der Waals surface area contributed by atoms with Crippen molar-refractivity contribution in [3.63, 3.8) is 0 Å². The Morgan fingerprint density at radius 2 is 0.681 bits per heavy atom. The normalized spacial score (nSPS) is 11.8. The van der Waals surface area contributed by atoms with E-state index in [0.29, 0.717) is 0 Å². The summed E-state index contributed by atoms with van der Waals surface area (Å²) in [5.41, 5.74) is 26.9. The van der Waals surface area contributed by atoms with Crippen molar-refractivity contribution in [2.75, 3.05) is 0 Å². The first-order valence-electron chi connectivity index (χ1n) is 38.1. The van der Waals surface area contributed by atoms with Crippen molar-refractivity contribution in [3.05, 3.63) is 410 Å². The molecule has 9 aromatic heterocycles. The summed E-state index contributed by atoms with van der Waals surface area (Å²) in [6, 6.07) is 122. The molecule has 5 radical (unpaired) electrons. The molecule has 0 saturated carbocycles. The molecular weight excluding hydrogens is 2400 g/mol. The molecule has 6 nitrogen and oxygen atoms in total. The minimum absolute atomic E-state index is 0. The molecule has 0 unspecified atom stereocenters. The third kappa shape index (κ3) is 18.6. The zero-order chi connectivity index (χ0) is 77.7. The molecule has 14 heteroatoms. The first kappa shape index (κ1) is 88.5. The Labute approximate surface area is 775 Å². The monoisotopic (exact) mass is 2480 g/mol. The van der Waals surface area contributed by atoms with Crippen LogP contribution in [0.15, 0.2) is 334 Å². The summed E-state index contributed by atoms with van der Waals surface area (Å²) < 4.78 is 7.77. The molecule has 20 aromatic rings. The van der Waals surface area contributed by atoms with Crippen LogP contribution >= 0.6 is 34.0 Å². The molecule has 0 fully saturated rings.